The topological polar surface area (TPSA) is 46.9 Å². The molecule has 0 aromatic rings. The molecule has 2 N–H and O–H groups in total. The van der Waals surface area contributed by atoms with Crippen LogP contribution in [0, 0.1) is 0 Å². The van der Waals surface area contributed by atoms with Crippen LogP contribution in [0.1, 0.15) is 0 Å². The van der Waals surface area contributed by atoms with Crippen LogP contribution >= 0.6 is 0 Å². The Labute approximate surface area is 74.4 Å². The number of likely N-dealkylation sites (N-methyl/N-ethyl adjacent to an activating group) is 2. The van der Waals surface area contributed by atoms with E-state index in [4.69, 9.17) is 10.2 Å². The minimum atomic E-state index is 0.209. The Kier molecular flexibility index (Phi) is 7.39. The summed E-state index contributed by atoms with van der Waals surface area (Å²) in [6, 6.07) is 0. The van der Waals surface area contributed by atoms with Crippen molar-refractivity contribution in [1.82, 2.24) is 9.80 Å². The molecule has 0 unspecified atom stereocenters. The second-order valence-electron chi connectivity index (χ2n) is 3.05. The fourth-order valence-corrected chi connectivity index (χ4v) is 0.906. The van der Waals surface area contributed by atoms with Crippen LogP contribution in [0.25, 0.3) is 0 Å². The molecule has 0 aromatic carbocycles. The molecule has 0 spiro atoms. The highest BCUT2D eigenvalue weighted by Crippen LogP contribution is 1.85. The van der Waals surface area contributed by atoms with Crippen molar-refractivity contribution in [3.63, 3.8) is 0 Å². The van der Waals surface area contributed by atoms with Crippen molar-refractivity contribution in [1.29, 1.82) is 0 Å². The molecule has 74 valence electrons. The van der Waals surface area contributed by atoms with Crippen molar-refractivity contribution in [2.45, 2.75) is 0 Å². The highest BCUT2D eigenvalue weighted by molar-refractivity contribution is 4.55. The standard InChI is InChI=1S/C8H20N2O2/c1-9(5-7-11)3-4-10(2)6-8-12/h11-12H,3-8H2,1-2H3. The van der Waals surface area contributed by atoms with Gasteiger partial charge in [-0.3, -0.25) is 0 Å². The number of nitrogens with zero attached hydrogens (tertiary/aromatic N) is 2. The number of hydrogen-bond acceptors (Lipinski definition) is 4. The summed E-state index contributed by atoms with van der Waals surface area (Å²) in [6.45, 7) is 3.70. The van der Waals surface area contributed by atoms with Gasteiger partial charge in [0.15, 0.2) is 0 Å². The van der Waals surface area contributed by atoms with Crippen molar-refractivity contribution in [2.75, 3.05) is 53.5 Å². The lowest BCUT2D eigenvalue weighted by atomic mass is 10.4. The molecule has 4 heteroatoms. The van der Waals surface area contributed by atoms with Gasteiger partial charge in [0.1, 0.15) is 0 Å². The van der Waals surface area contributed by atoms with Gasteiger partial charge in [0.05, 0.1) is 13.2 Å². The average Bonchev–Trinajstić information content (AvgIpc) is 2.02. The van der Waals surface area contributed by atoms with Crippen molar-refractivity contribution >= 4 is 0 Å². The number of rotatable bonds is 7. The Morgan fingerprint density at radius 2 is 1.08 bits per heavy atom. The molecular weight excluding hydrogens is 156 g/mol. The summed E-state index contributed by atoms with van der Waals surface area (Å²) in [5.41, 5.74) is 0. The van der Waals surface area contributed by atoms with E-state index in [1.165, 1.54) is 0 Å². The predicted molar refractivity (Wildman–Crippen MR) is 49.2 cm³/mol. The van der Waals surface area contributed by atoms with Gasteiger partial charge >= 0.3 is 0 Å². The molecule has 0 rings (SSSR count). The third kappa shape index (κ3) is 6.54. The molecule has 0 heterocycles. The SMILES string of the molecule is CN(CCO)CCN(C)CCO. The molecule has 0 saturated carbocycles. The first kappa shape index (κ1) is 11.8. The van der Waals surface area contributed by atoms with Gasteiger partial charge in [0.2, 0.25) is 0 Å². The van der Waals surface area contributed by atoms with E-state index < -0.39 is 0 Å². The quantitative estimate of drug-likeness (QED) is 0.513. The fraction of sp³-hybridized carbons (Fsp3) is 1.00. The molecule has 0 saturated heterocycles. The van der Waals surface area contributed by atoms with Crippen molar-refractivity contribution in [3.05, 3.63) is 0 Å². The highest BCUT2D eigenvalue weighted by Gasteiger charge is 1.99. The Morgan fingerprint density at radius 1 is 0.750 bits per heavy atom. The molecule has 0 aliphatic heterocycles. The van der Waals surface area contributed by atoms with E-state index in [1.807, 2.05) is 14.1 Å². The van der Waals surface area contributed by atoms with Gasteiger partial charge < -0.3 is 20.0 Å². The monoisotopic (exact) mass is 176 g/mol. The zero-order valence-corrected chi connectivity index (χ0v) is 8.03. The normalized spacial score (nSPS) is 11.5. The van der Waals surface area contributed by atoms with E-state index in [0.29, 0.717) is 13.1 Å². The smallest absolute Gasteiger partial charge is 0.0558 e. The molecule has 0 fully saturated rings. The summed E-state index contributed by atoms with van der Waals surface area (Å²) >= 11 is 0. The van der Waals surface area contributed by atoms with Crippen LogP contribution in [0.4, 0.5) is 0 Å². The summed E-state index contributed by atoms with van der Waals surface area (Å²) in [5.74, 6) is 0. The largest absolute Gasteiger partial charge is 0.395 e. The lowest BCUT2D eigenvalue weighted by molar-refractivity contribution is 0.183. The summed E-state index contributed by atoms with van der Waals surface area (Å²) < 4.78 is 0. The third-order valence-electron chi connectivity index (χ3n) is 1.83. The maximum absolute atomic E-state index is 8.61. The molecule has 0 amide bonds. The zero-order chi connectivity index (χ0) is 9.40. The number of aliphatic hydroxyl groups is 2. The van der Waals surface area contributed by atoms with Crippen LogP contribution in [-0.4, -0.2) is 73.5 Å². The molecule has 12 heavy (non-hydrogen) atoms. The van der Waals surface area contributed by atoms with E-state index in [-0.39, 0.29) is 13.2 Å². The van der Waals surface area contributed by atoms with Crippen LogP contribution in [0.15, 0.2) is 0 Å². The molecular formula is C8H20N2O2. The first-order chi connectivity index (χ1) is 5.70. The first-order valence-electron chi connectivity index (χ1n) is 4.29. The maximum atomic E-state index is 8.61. The van der Waals surface area contributed by atoms with Crippen LogP contribution < -0.4 is 0 Å². The molecule has 0 atom stereocenters. The van der Waals surface area contributed by atoms with Gasteiger partial charge in [-0.15, -0.1) is 0 Å². The Hall–Kier alpha value is -0.160. The second-order valence-corrected chi connectivity index (χ2v) is 3.05. The Morgan fingerprint density at radius 3 is 1.33 bits per heavy atom. The molecule has 0 radical (unpaired) electrons. The van der Waals surface area contributed by atoms with Gasteiger partial charge in [-0.2, -0.15) is 0 Å². The van der Waals surface area contributed by atoms with Crippen LogP contribution in [0.2, 0.25) is 0 Å². The second kappa shape index (κ2) is 7.49. The number of hydrogen-bond donors (Lipinski definition) is 2. The van der Waals surface area contributed by atoms with Crippen molar-refractivity contribution in [3.8, 4) is 0 Å². The molecule has 0 aromatic heterocycles. The molecule has 0 aliphatic carbocycles. The summed E-state index contributed by atoms with van der Waals surface area (Å²) in [4.78, 5) is 4.13. The van der Waals surface area contributed by atoms with Gasteiger partial charge in [0, 0.05) is 26.2 Å². The fourth-order valence-electron chi connectivity index (χ4n) is 0.906. The van der Waals surface area contributed by atoms with E-state index in [0.717, 1.165) is 13.1 Å². The van der Waals surface area contributed by atoms with Crippen molar-refractivity contribution in [2.24, 2.45) is 0 Å². The molecule has 0 bridgehead atoms. The maximum Gasteiger partial charge on any atom is 0.0558 e. The minimum Gasteiger partial charge on any atom is -0.395 e. The van der Waals surface area contributed by atoms with Crippen molar-refractivity contribution < 1.29 is 10.2 Å². The summed E-state index contributed by atoms with van der Waals surface area (Å²) in [6.07, 6.45) is 0. The van der Waals surface area contributed by atoms with Gasteiger partial charge in [-0.25, -0.2) is 0 Å². The first-order valence-corrected chi connectivity index (χ1v) is 4.29. The van der Waals surface area contributed by atoms with Crippen LogP contribution in [0.3, 0.4) is 0 Å². The van der Waals surface area contributed by atoms with E-state index in [9.17, 15) is 0 Å². The lowest BCUT2D eigenvalue weighted by Gasteiger charge is -2.20. The van der Waals surface area contributed by atoms with E-state index in [1.54, 1.807) is 0 Å². The average molecular weight is 176 g/mol. The minimum absolute atomic E-state index is 0.209. The number of aliphatic hydroxyl groups excluding tert-OH is 2. The van der Waals surface area contributed by atoms with Gasteiger partial charge in [-0.05, 0) is 14.1 Å². The third-order valence-corrected chi connectivity index (χ3v) is 1.83. The highest BCUT2D eigenvalue weighted by atomic mass is 16.3. The van der Waals surface area contributed by atoms with Crippen LogP contribution in [-0.2, 0) is 0 Å². The Bertz CT molecular complexity index is 89.1. The molecule has 0 aliphatic rings. The van der Waals surface area contributed by atoms with E-state index in [2.05, 4.69) is 9.80 Å². The molecule has 4 nitrogen and oxygen atoms in total. The van der Waals surface area contributed by atoms with Gasteiger partial charge in [-0.1, -0.05) is 0 Å². The summed E-state index contributed by atoms with van der Waals surface area (Å²) in [7, 11) is 3.95. The lowest BCUT2D eigenvalue weighted by Crippen LogP contribution is -2.33. The van der Waals surface area contributed by atoms with E-state index >= 15 is 0 Å². The Balaban J connectivity index is 3.27. The van der Waals surface area contributed by atoms with Gasteiger partial charge in [0.25, 0.3) is 0 Å². The summed E-state index contributed by atoms with van der Waals surface area (Å²) in [5, 5.41) is 17.2. The predicted octanol–water partition coefficient (Wildman–Crippen LogP) is -1.17. The van der Waals surface area contributed by atoms with Crippen LogP contribution in [0.5, 0.6) is 0 Å². The zero-order valence-electron chi connectivity index (χ0n) is 8.03.